The fourth-order valence-corrected chi connectivity index (χ4v) is 1.80. The highest BCUT2D eigenvalue weighted by molar-refractivity contribution is 5.73. The van der Waals surface area contributed by atoms with Crippen molar-refractivity contribution in [1.82, 2.24) is 20.2 Å². The van der Waals surface area contributed by atoms with Crippen molar-refractivity contribution >= 4 is 17.0 Å². The van der Waals surface area contributed by atoms with Crippen molar-refractivity contribution in [3.05, 3.63) is 54.4 Å². The van der Waals surface area contributed by atoms with E-state index in [1.54, 1.807) is 6.20 Å². The highest BCUT2D eigenvalue weighted by Crippen LogP contribution is 2.08. The molecular formula is C14H13N5. The summed E-state index contributed by atoms with van der Waals surface area (Å²) in [5, 5.41) is 11.3. The summed E-state index contributed by atoms with van der Waals surface area (Å²) in [6, 6.07) is 13.6. The average Bonchev–Trinajstić information content (AvgIpc) is 2.48. The van der Waals surface area contributed by atoms with Crippen LogP contribution in [-0.4, -0.2) is 26.7 Å². The van der Waals surface area contributed by atoms with Gasteiger partial charge in [0.25, 0.3) is 0 Å². The quantitative estimate of drug-likeness (QED) is 0.769. The van der Waals surface area contributed by atoms with E-state index in [9.17, 15) is 0 Å². The minimum atomic E-state index is 0.551. The molecule has 94 valence electrons. The van der Waals surface area contributed by atoms with Crippen LogP contribution in [0.4, 0.5) is 5.95 Å². The van der Waals surface area contributed by atoms with Crippen molar-refractivity contribution in [2.75, 3.05) is 11.9 Å². The second-order valence-corrected chi connectivity index (χ2v) is 4.12. The molecule has 5 heteroatoms. The first kappa shape index (κ1) is 11.5. The highest BCUT2D eigenvalue weighted by atomic mass is 15.2. The van der Waals surface area contributed by atoms with Crippen LogP contribution < -0.4 is 5.32 Å². The number of anilines is 1. The molecule has 0 bridgehead atoms. The van der Waals surface area contributed by atoms with Gasteiger partial charge in [-0.1, -0.05) is 18.2 Å². The SMILES string of the molecule is c1ccc(CCNc2nnc3ccccc3n2)nc1. The maximum atomic E-state index is 4.40. The third-order valence-corrected chi connectivity index (χ3v) is 2.75. The van der Waals surface area contributed by atoms with Gasteiger partial charge in [-0.3, -0.25) is 4.98 Å². The van der Waals surface area contributed by atoms with Crippen LogP contribution in [0.1, 0.15) is 5.69 Å². The van der Waals surface area contributed by atoms with Gasteiger partial charge in [-0.25, -0.2) is 4.98 Å². The molecule has 1 N–H and O–H groups in total. The molecule has 3 rings (SSSR count). The number of nitrogens with zero attached hydrogens (tertiary/aromatic N) is 4. The molecule has 0 aliphatic rings. The molecule has 0 spiro atoms. The van der Waals surface area contributed by atoms with Gasteiger partial charge in [0.2, 0.25) is 5.95 Å². The van der Waals surface area contributed by atoms with Gasteiger partial charge in [-0.15, -0.1) is 10.2 Å². The smallest absolute Gasteiger partial charge is 0.243 e. The van der Waals surface area contributed by atoms with Crippen LogP contribution in [0.5, 0.6) is 0 Å². The number of nitrogens with one attached hydrogen (secondary N) is 1. The summed E-state index contributed by atoms with van der Waals surface area (Å²) in [6.45, 7) is 0.733. The van der Waals surface area contributed by atoms with Crippen LogP contribution in [0.3, 0.4) is 0 Å². The summed E-state index contributed by atoms with van der Waals surface area (Å²) in [4.78, 5) is 8.66. The summed E-state index contributed by atoms with van der Waals surface area (Å²) in [7, 11) is 0. The Hall–Kier alpha value is -2.56. The summed E-state index contributed by atoms with van der Waals surface area (Å²) < 4.78 is 0. The molecule has 2 heterocycles. The topological polar surface area (TPSA) is 63.6 Å². The predicted molar refractivity (Wildman–Crippen MR) is 73.8 cm³/mol. The van der Waals surface area contributed by atoms with Gasteiger partial charge in [-0.2, -0.15) is 0 Å². The number of pyridine rings is 1. The zero-order valence-electron chi connectivity index (χ0n) is 10.3. The number of fused-ring (bicyclic) bond motifs is 1. The Balaban J connectivity index is 1.65. The number of benzene rings is 1. The first-order chi connectivity index (χ1) is 9.42. The van der Waals surface area contributed by atoms with Crippen molar-refractivity contribution in [2.24, 2.45) is 0 Å². The van der Waals surface area contributed by atoms with E-state index in [0.717, 1.165) is 29.7 Å². The van der Waals surface area contributed by atoms with Crippen molar-refractivity contribution < 1.29 is 0 Å². The molecule has 0 fully saturated rings. The number of para-hydroxylation sites is 1. The molecule has 0 unspecified atom stereocenters. The van der Waals surface area contributed by atoms with Gasteiger partial charge in [0.1, 0.15) is 5.52 Å². The largest absolute Gasteiger partial charge is 0.353 e. The number of hydrogen-bond donors (Lipinski definition) is 1. The molecule has 2 aromatic heterocycles. The third-order valence-electron chi connectivity index (χ3n) is 2.75. The van der Waals surface area contributed by atoms with Crippen LogP contribution in [0.15, 0.2) is 48.7 Å². The van der Waals surface area contributed by atoms with E-state index >= 15 is 0 Å². The maximum absolute atomic E-state index is 4.40. The van der Waals surface area contributed by atoms with Crippen molar-refractivity contribution in [1.29, 1.82) is 0 Å². The van der Waals surface area contributed by atoms with Crippen molar-refractivity contribution in [3.8, 4) is 0 Å². The van der Waals surface area contributed by atoms with Gasteiger partial charge < -0.3 is 5.32 Å². The zero-order valence-corrected chi connectivity index (χ0v) is 10.3. The second kappa shape index (κ2) is 5.39. The molecule has 0 aliphatic carbocycles. The molecule has 0 aliphatic heterocycles. The van der Waals surface area contributed by atoms with Gasteiger partial charge >= 0.3 is 0 Å². The van der Waals surface area contributed by atoms with E-state index in [0.29, 0.717) is 5.95 Å². The molecule has 0 radical (unpaired) electrons. The lowest BCUT2D eigenvalue weighted by atomic mass is 10.3. The first-order valence-corrected chi connectivity index (χ1v) is 6.15. The van der Waals surface area contributed by atoms with Gasteiger partial charge in [0, 0.05) is 24.9 Å². The Bertz CT molecular complexity index is 669. The molecule has 0 saturated carbocycles. The van der Waals surface area contributed by atoms with E-state index in [1.807, 2.05) is 42.5 Å². The molecule has 0 atom stereocenters. The molecule has 19 heavy (non-hydrogen) atoms. The minimum absolute atomic E-state index is 0.551. The zero-order chi connectivity index (χ0) is 12.9. The molecule has 0 saturated heterocycles. The molecule has 3 aromatic rings. The fourth-order valence-electron chi connectivity index (χ4n) is 1.80. The van der Waals surface area contributed by atoms with E-state index in [-0.39, 0.29) is 0 Å². The second-order valence-electron chi connectivity index (χ2n) is 4.12. The Labute approximate surface area is 110 Å². The Morgan fingerprint density at radius 3 is 2.58 bits per heavy atom. The monoisotopic (exact) mass is 251 g/mol. The molecular weight excluding hydrogens is 238 g/mol. The molecule has 5 nitrogen and oxygen atoms in total. The van der Waals surface area contributed by atoms with Gasteiger partial charge in [-0.05, 0) is 24.3 Å². The third kappa shape index (κ3) is 2.82. The summed E-state index contributed by atoms with van der Waals surface area (Å²) in [5.74, 6) is 0.551. The van der Waals surface area contributed by atoms with Crippen LogP contribution in [0.2, 0.25) is 0 Å². The standard InChI is InChI=1S/C14H13N5/c1-2-7-13-12(6-1)17-14(19-18-13)16-10-8-11-5-3-4-9-15-11/h1-7,9H,8,10H2,(H,16,17,19). The van der Waals surface area contributed by atoms with E-state index in [2.05, 4.69) is 25.5 Å². The lowest BCUT2D eigenvalue weighted by Gasteiger charge is -2.04. The predicted octanol–water partition coefficient (Wildman–Crippen LogP) is 2.07. The van der Waals surface area contributed by atoms with Gasteiger partial charge in [0.05, 0.1) is 5.52 Å². The van der Waals surface area contributed by atoms with Crippen molar-refractivity contribution in [3.63, 3.8) is 0 Å². The summed E-state index contributed by atoms with van der Waals surface area (Å²) >= 11 is 0. The fraction of sp³-hybridized carbons (Fsp3) is 0.143. The Morgan fingerprint density at radius 1 is 0.895 bits per heavy atom. The summed E-state index contributed by atoms with van der Waals surface area (Å²) in [6.07, 6.45) is 2.63. The molecule has 0 amide bonds. The Morgan fingerprint density at radius 2 is 1.74 bits per heavy atom. The maximum Gasteiger partial charge on any atom is 0.243 e. The van der Waals surface area contributed by atoms with Crippen LogP contribution in [0, 0.1) is 0 Å². The van der Waals surface area contributed by atoms with E-state index in [4.69, 9.17) is 0 Å². The number of aromatic nitrogens is 4. The first-order valence-electron chi connectivity index (χ1n) is 6.15. The highest BCUT2D eigenvalue weighted by Gasteiger charge is 2.00. The average molecular weight is 251 g/mol. The van der Waals surface area contributed by atoms with E-state index < -0.39 is 0 Å². The lowest BCUT2D eigenvalue weighted by Crippen LogP contribution is -2.09. The molecule has 1 aromatic carbocycles. The normalized spacial score (nSPS) is 10.5. The Kier molecular flexibility index (Phi) is 3.27. The number of rotatable bonds is 4. The van der Waals surface area contributed by atoms with E-state index in [1.165, 1.54) is 0 Å². The minimum Gasteiger partial charge on any atom is -0.353 e. The summed E-state index contributed by atoms with van der Waals surface area (Å²) in [5.41, 5.74) is 2.69. The van der Waals surface area contributed by atoms with Crippen molar-refractivity contribution in [2.45, 2.75) is 6.42 Å². The van der Waals surface area contributed by atoms with Gasteiger partial charge in [0.15, 0.2) is 0 Å². The van der Waals surface area contributed by atoms with Crippen LogP contribution >= 0.6 is 0 Å². The van der Waals surface area contributed by atoms with Crippen LogP contribution in [0.25, 0.3) is 11.0 Å². The number of hydrogen-bond acceptors (Lipinski definition) is 5. The van der Waals surface area contributed by atoms with Crippen LogP contribution in [-0.2, 0) is 6.42 Å². The lowest BCUT2D eigenvalue weighted by molar-refractivity contribution is 0.924.